The van der Waals surface area contributed by atoms with Gasteiger partial charge in [-0.25, -0.2) is 4.57 Å². The van der Waals surface area contributed by atoms with Crippen LogP contribution in [0.3, 0.4) is 0 Å². The van der Waals surface area contributed by atoms with Crippen molar-refractivity contribution in [2.75, 3.05) is 0 Å². The second-order valence-electron chi connectivity index (χ2n) is 3.41. The van der Waals surface area contributed by atoms with Gasteiger partial charge in [-0.05, 0) is 18.4 Å². The van der Waals surface area contributed by atoms with Crippen LogP contribution in [0.2, 0.25) is 0 Å². The highest BCUT2D eigenvalue weighted by atomic mass is 127. The molecule has 0 atom stereocenters. The Hall–Kier alpha value is -0.160. The van der Waals surface area contributed by atoms with Gasteiger partial charge in [-0.15, -0.1) is 0 Å². The Kier molecular flexibility index (Phi) is 2.73. The number of halogens is 1. The smallest absolute Gasteiger partial charge is 0.168 e. The van der Waals surface area contributed by atoms with Crippen molar-refractivity contribution in [1.29, 1.82) is 0 Å². The molecule has 66 valence electrons. The third-order valence-electron chi connectivity index (χ3n) is 2.34. The Bertz CT molecular complexity index is 264. The van der Waals surface area contributed by atoms with E-state index in [1.54, 1.807) is 0 Å². The summed E-state index contributed by atoms with van der Waals surface area (Å²) in [5, 5.41) is 0. The van der Waals surface area contributed by atoms with E-state index >= 15 is 0 Å². The first-order chi connectivity index (χ1) is 5.21. The molecule has 1 aromatic rings. The SMILES string of the molecule is C[n+]1ccc(C2(N)CC2)cc1.[I-]. The first-order valence-corrected chi connectivity index (χ1v) is 3.95. The molecule has 0 radical (unpaired) electrons. The number of hydrogen-bond acceptors (Lipinski definition) is 1. The Labute approximate surface area is 89.8 Å². The highest BCUT2D eigenvalue weighted by molar-refractivity contribution is 5.25. The van der Waals surface area contributed by atoms with E-state index in [4.69, 9.17) is 5.73 Å². The Morgan fingerprint density at radius 1 is 1.33 bits per heavy atom. The van der Waals surface area contributed by atoms with E-state index in [9.17, 15) is 0 Å². The minimum atomic E-state index is 0. The fourth-order valence-electron chi connectivity index (χ4n) is 1.26. The normalized spacial score (nSPS) is 18.2. The fourth-order valence-corrected chi connectivity index (χ4v) is 1.26. The zero-order valence-corrected chi connectivity index (χ0v) is 9.28. The summed E-state index contributed by atoms with van der Waals surface area (Å²) in [6.45, 7) is 0. The number of aryl methyl sites for hydroxylation is 1. The van der Waals surface area contributed by atoms with Crippen LogP contribution in [-0.2, 0) is 12.6 Å². The van der Waals surface area contributed by atoms with Crippen LogP contribution in [0.1, 0.15) is 18.4 Å². The number of nitrogens with two attached hydrogens (primary N) is 1. The van der Waals surface area contributed by atoms with Gasteiger partial charge in [-0.3, -0.25) is 0 Å². The molecule has 2 rings (SSSR count). The maximum Gasteiger partial charge on any atom is 0.168 e. The van der Waals surface area contributed by atoms with E-state index < -0.39 is 0 Å². The predicted molar refractivity (Wildman–Crippen MR) is 42.7 cm³/mol. The van der Waals surface area contributed by atoms with Crippen molar-refractivity contribution in [1.82, 2.24) is 0 Å². The maximum atomic E-state index is 6.01. The van der Waals surface area contributed by atoms with E-state index in [0.717, 1.165) is 12.8 Å². The van der Waals surface area contributed by atoms with E-state index in [0.29, 0.717) is 0 Å². The van der Waals surface area contributed by atoms with Gasteiger partial charge in [0, 0.05) is 17.7 Å². The van der Waals surface area contributed by atoms with E-state index in [1.165, 1.54) is 5.56 Å². The van der Waals surface area contributed by atoms with E-state index in [1.807, 2.05) is 24.0 Å². The van der Waals surface area contributed by atoms with Crippen LogP contribution in [0, 0.1) is 0 Å². The molecule has 1 fully saturated rings. The molecular weight excluding hydrogens is 263 g/mol. The van der Waals surface area contributed by atoms with Gasteiger partial charge in [0.2, 0.25) is 0 Å². The minimum Gasteiger partial charge on any atom is -1.00 e. The highest BCUT2D eigenvalue weighted by Crippen LogP contribution is 2.41. The lowest BCUT2D eigenvalue weighted by atomic mass is 10.1. The van der Waals surface area contributed by atoms with E-state index in [-0.39, 0.29) is 29.5 Å². The lowest BCUT2D eigenvalue weighted by molar-refractivity contribution is -0.671. The van der Waals surface area contributed by atoms with Crippen LogP contribution in [0.25, 0.3) is 0 Å². The fraction of sp³-hybridized carbons (Fsp3) is 0.444. The third kappa shape index (κ3) is 1.77. The Morgan fingerprint density at radius 3 is 2.25 bits per heavy atom. The number of nitrogens with zero attached hydrogens (tertiary/aromatic N) is 1. The molecule has 12 heavy (non-hydrogen) atoms. The van der Waals surface area contributed by atoms with Gasteiger partial charge in [-0.1, -0.05) is 0 Å². The standard InChI is InChI=1S/C9H13N2.HI/c1-11-6-2-8(3-7-11)9(10)4-5-9;/h2-3,6-7H,4-5,10H2,1H3;1H/q+1;/p-1. The molecule has 1 heterocycles. The van der Waals surface area contributed by atoms with Crippen LogP contribution >= 0.6 is 0 Å². The average molecular weight is 276 g/mol. The van der Waals surface area contributed by atoms with Crippen molar-refractivity contribution in [3.8, 4) is 0 Å². The van der Waals surface area contributed by atoms with Crippen LogP contribution in [0.4, 0.5) is 0 Å². The number of hydrogen-bond donors (Lipinski definition) is 1. The van der Waals surface area contributed by atoms with Gasteiger partial charge < -0.3 is 29.7 Å². The van der Waals surface area contributed by atoms with Crippen molar-refractivity contribution in [2.24, 2.45) is 12.8 Å². The molecule has 0 spiro atoms. The summed E-state index contributed by atoms with van der Waals surface area (Å²) in [7, 11) is 2.01. The molecule has 1 aliphatic carbocycles. The highest BCUT2D eigenvalue weighted by Gasteiger charge is 2.40. The molecule has 0 unspecified atom stereocenters. The molecule has 0 aromatic carbocycles. The summed E-state index contributed by atoms with van der Waals surface area (Å²) < 4.78 is 2.02. The minimum absolute atomic E-state index is 0. The predicted octanol–water partition coefficient (Wildman–Crippen LogP) is -2.54. The Balaban J connectivity index is 0.000000720. The number of rotatable bonds is 1. The molecule has 2 N–H and O–H groups in total. The van der Waals surface area contributed by atoms with Crippen LogP contribution in [0.5, 0.6) is 0 Å². The summed E-state index contributed by atoms with van der Waals surface area (Å²) >= 11 is 0. The van der Waals surface area contributed by atoms with Crippen molar-refractivity contribution in [3.63, 3.8) is 0 Å². The molecule has 1 saturated carbocycles. The molecule has 3 heteroatoms. The largest absolute Gasteiger partial charge is 1.00 e. The van der Waals surface area contributed by atoms with Gasteiger partial charge >= 0.3 is 0 Å². The number of pyridine rings is 1. The van der Waals surface area contributed by atoms with Gasteiger partial charge in [0.25, 0.3) is 0 Å². The van der Waals surface area contributed by atoms with E-state index in [2.05, 4.69) is 12.1 Å². The first kappa shape index (κ1) is 9.92. The van der Waals surface area contributed by atoms with Crippen molar-refractivity contribution in [2.45, 2.75) is 18.4 Å². The molecule has 0 bridgehead atoms. The molecule has 0 saturated heterocycles. The first-order valence-electron chi connectivity index (χ1n) is 3.95. The van der Waals surface area contributed by atoms with Crippen LogP contribution in [-0.4, -0.2) is 0 Å². The summed E-state index contributed by atoms with van der Waals surface area (Å²) in [6.07, 6.45) is 6.37. The van der Waals surface area contributed by atoms with Crippen molar-refractivity contribution >= 4 is 0 Å². The van der Waals surface area contributed by atoms with Crippen molar-refractivity contribution < 1.29 is 28.5 Å². The summed E-state index contributed by atoms with van der Waals surface area (Å²) in [6, 6.07) is 4.21. The average Bonchev–Trinajstić information content (AvgIpc) is 2.70. The summed E-state index contributed by atoms with van der Waals surface area (Å²) in [4.78, 5) is 0. The molecule has 1 aliphatic rings. The molecule has 0 amide bonds. The molecule has 1 aromatic heterocycles. The Morgan fingerprint density at radius 2 is 1.83 bits per heavy atom. The zero-order chi connectivity index (χ0) is 7.90. The monoisotopic (exact) mass is 276 g/mol. The molecule has 0 aliphatic heterocycles. The van der Waals surface area contributed by atoms with Crippen LogP contribution < -0.4 is 34.3 Å². The van der Waals surface area contributed by atoms with Gasteiger partial charge in [0.15, 0.2) is 12.4 Å². The maximum absolute atomic E-state index is 6.01. The second kappa shape index (κ2) is 3.30. The quantitative estimate of drug-likeness (QED) is 0.445. The van der Waals surface area contributed by atoms with Crippen molar-refractivity contribution in [3.05, 3.63) is 30.1 Å². The second-order valence-corrected chi connectivity index (χ2v) is 3.41. The lowest BCUT2D eigenvalue weighted by Gasteiger charge is -2.05. The number of aromatic nitrogens is 1. The third-order valence-corrected chi connectivity index (χ3v) is 2.34. The lowest BCUT2D eigenvalue weighted by Crippen LogP contribution is -3.00. The van der Waals surface area contributed by atoms with Gasteiger partial charge in [0.05, 0.1) is 0 Å². The zero-order valence-electron chi connectivity index (χ0n) is 7.13. The molecule has 2 nitrogen and oxygen atoms in total. The van der Waals surface area contributed by atoms with Gasteiger partial charge in [-0.2, -0.15) is 0 Å². The van der Waals surface area contributed by atoms with Crippen LogP contribution in [0.15, 0.2) is 24.5 Å². The summed E-state index contributed by atoms with van der Waals surface area (Å²) in [5.74, 6) is 0. The summed E-state index contributed by atoms with van der Waals surface area (Å²) in [5.41, 5.74) is 7.30. The molecular formula is C9H13IN2. The topological polar surface area (TPSA) is 29.9 Å². The van der Waals surface area contributed by atoms with Gasteiger partial charge in [0.1, 0.15) is 7.05 Å².